The SMILES string of the molecule is Cc1cc(=NC(=O)N(C)c2ccccc2)cc(C)n1O.Cl. The van der Waals surface area contributed by atoms with E-state index in [0.29, 0.717) is 16.7 Å². The number of amides is 2. The number of carbonyl (C=O) groups excluding carboxylic acids is 1. The average molecular weight is 308 g/mol. The lowest BCUT2D eigenvalue weighted by Crippen LogP contribution is -2.25. The Kier molecular flexibility index (Phi) is 5.55. The summed E-state index contributed by atoms with van der Waals surface area (Å²) in [6, 6.07) is 12.3. The zero-order chi connectivity index (χ0) is 14.7. The lowest BCUT2D eigenvalue weighted by molar-refractivity contribution is 0.170. The van der Waals surface area contributed by atoms with Crippen molar-refractivity contribution < 1.29 is 10.0 Å². The maximum absolute atomic E-state index is 12.1. The summed E-state index contributed by atoms with van der Waals surface area (Å²) in [6.07, 6.45) is 0. The van der Waals surface area contributed by atoms with Crippen LogP contribution >= 0.6 is 12.4 Å². The average Bonchev–Trinajstić information content (AvgIpc) is 2.44. The third-order valence-corrected chi connectivity index (χ3v) is 3.04. The van der Waals surface area contributed by atoms with Crippen molar-refractivity contribution in [3.63, 3.8) is 0 Å². The van der Waals surface area contributed by atoms with Crippen molar-refractivity contribution in [2.45, 2.75) is 13.8 Å². The molecule has 0 bridgehead atoms. The number of aryl methyl sites for hydroxylation is 2. The maximum Gasteiger partial charge on any atom is 0.348 e. The van der Waals surface area contributed by atoms with E-state index in [9.17, 15) is 10.0 Å². The van der Waals surface area contributed by atoms with Crippen LogP contribution in [0.2, 0.25) is 0 Å². The van der Waals surface area contributed by atoms with E-state index in [0.717, 1.165) is 10.4 Å². The summed E-state index contributed by atoms with van der Waals surface area (Å²) < 4.78 is 1.06. The van der Waals surface area contributed by atoms with Gasteiger partial charge in [-0.15, -0.1) is 12.4 Å². The molecule has 0 fully saturated rings. The number of aromatic nitrogens is 1. The molecule has 0 radical (unpaired) electrons. The monoisotopic (exact) mass is 307 g/mol. The Labute approximate surface area is 129 Å². The fourth-order valence-corrected chi connectivity index (χ4v) is 1.88. The van der Waals surface area contributed by atoms with Crippen molar-refractivity contribution in [2.75, 3.05) is 11.9 Å². The third kappa shape index (κ3) is 3.86. The first kappa shape index (κ1) is 16.8. The molecule has 6 heteroatoms. The zero-order valence-corrected chi connectivity index (χ0v) is 13.0. The Hall–Kier alpha value is -2.27. The summed E-state index contributed by atoms with van der Waals surface area (Å²) >= 11 is 0. The van der Waals surface area contributed by atoms with Crippen molar-refractivity contribution in [1.82, 2.24) is 4.73 Å². The molecule has 112 valence electrons. The Balaban J connectivity index is 0.00000220. The van der Waals surface area contributed by atoms with E-state index in [4.69, 9.17) is 0 Å². The highest BCUT2D eigenvalue weighted by atomic mass is 35.5. The summed E-state index contributed by atoms with van der Waals surface area (Å²) in [4.78, 5) is 17.6. The molecule has 1 aromatic carbocycles. The van der Waals surface area contributed by atoms with Crippen molar-refractivity contribution in [3.05, 3.63) is 59.2 Å². The van der Waals surface area contributed by atoms with Crippen molar-refractivity contribution >= 4 is 24.1 Å². The molecule has 0 spiro atoms. The molecule has 0 aliphatic carbocycles. The number of hydrogen-bond acceptors (Lipinski definition) is 2. The van der Waals surface area contributed by atoms with Gasteiger partial charge in [-0.2, -0.15) is 9.72 Å². The fraction of sp³-hybridized carbons (Fsp3) is 0.200. The highest BCUT2D eigenvalue weighted by Crippen LogP contribution is 2.11. The van der Waals surface area contributed by atoms with Crippen LogP contribution in [0.4, 0.5) is 10.5 Å². The normalized spacial score (nSPS) is 9.67. The molecular formula is C15H18ClN3O2. The van der Waals surface area contributed by atoms with E-state index in [1.165, 1.54) is 4.90 Å². The molecule has 0 saturated heterocycles. The van der Waals surface area contributed by atoms with Gasteiger partial charge in [-0.05, 0) is 38.1 Å². The highest BCUT2D eigenvalue weighted by Gasteiger charge is 2.08. The largest absolute Gasteiger partial charge is 0.428 e. The Morgan fingerprint density at radius 2 is 1.67 bits per heavy atom. The number of halogens is 1. The molecule has 5 nitrogen and oxygen atoms in total. The van der Waals surface area contributed by atoms with Crippen LogP contribution in [0.1, 0.15) is 11.4 Å². The Morgan fingerprint density at radius 3 is 2.19 bits per heavy atom. The third-order valence-electron chi connectivity index (χ3n) is 3.04. The van der Waals surface area contributed by atoms with Gasteiger partial charge in [-0.3, -0.25) is 4.90 Å². The van der Waals surface area contributed by atoms with Crippen LogP contribution in [-0.2, 0) is 0 Å². The molecule has 0 aliphatic heterocycles. The van der Waals surface area contributed by atoms with Gasteiger partial charge in [0.15, 0.2) is 0 Å². The van der Waals surface area contributed by atoms with Crippen molar-refractivity contribution in [3.8, 4) is 0 Å². The number of anilines is 1. The van der Waals surface area contributed by atoms with E-state index < -0.39 is 0 Å². The van der Waals surface area contributed by atoms with Crippen molar-refractivity contribution in [2.24, 2.45) is 4.99 Å². The molecule has 0 aliphatic rings. The quantitative estimate of drug-likeness (QED) is 0.824. The van der Waals surface area contributed by atoms with Gasteiger partial charge in [-0.1, -0.05) is 18.2 Å². The second kappa shape index (κ2) is 6.95. The molecular weight excluding hydrogens is 290 g/mol. The first-order chi connectivity index (χ1) is 9.49. The van der Waals surface area contributed by atoms with Gasteiger partial charge >= 0.3 is 6.03 Å². The minimum Gasteiger partial charge on any atom is -0.428 e. The molecule has 2 rings (SSSR count). The lowest BCUT2D eigenvalue weighted by atomic mass is 10.3. The predicted molar refractivity (Wildman–Crippen MR) is 84.1 cm³/mol. The minimum absolute atomic E-state index is 0. The summed E-state index contributed by atoms with van der Waals surface area (Å²) in [5.41, 5.74) is 2.03. The topological polar surface area (TPSA) is 57.8 Å². The summed E-state index contributed by atoms with van der Waals surface area (Å²) in [7, 11) is 1.68. The number of rotatable bonds is 1. The number of para-hydroxylation sites is 1. The Bertz CT molecular complexity index is 670. The number of carbonyl (C=O) groups is 1. The summed E-state index contributed by atoms with van der Waals surface area (Å²) in [5.74, 6) is 0. The summed E-state index contributed by atoms with van der Waals surface area (Å²) in [5, 5.41) is 10.2. The van der Waals surface area contributed by atoms with Gasteiger partial charge in [0, 0.05) is 12.7 Å². The number of urea groups is 1. The van der Waals surface area contributed by atoms with E-state index in [2.05, 4.69) is 4.99 Å². The van der Waals surface area contributed by atoms with Gasteiger partial charge in [0.05, 0.1) is 16.7 Å². The van der Waals surface area contributed by atoms with Gasteiger partial charge < -0.3 is 5.21 Å². The van der Waals surface area contributed by atoms with Crippen LogP contribution < -0.4 is 10.3 Å². The molecule has 21 heavy (non-hydrogen) atoms. The first-order valence-corrected chi connectivity index (χ1v) is 6.26. The molecule has 1 N–H and O–H groups in total. The Morgan fingerprint density at radius 1 is 1.14 bits per heavy atom. The minimum atomic E-state index is -0.356. The smallest absolute Gasteiger partial charge is 0.348 e. The number of hydrogen-bond donors (Lipinski definition) is 1. The molecule has 0 atom stereocenters. The van der Waals surface area contributed by atoms with Crippen molar-refractivity contribution in [1.29, 1.82) is 0 Å². The number of pyridine rings is 1. The van der Waals surface area contributed by atoms with Crippen LogP contribution in [0, 0.1) is 13.8 Å². The van der Waals surface area contributed by atoms with Crippen LogP contribution in [-0.4, -0.2) is 23.0 Å². The zero-order valence-electron chi connectivity index (χ0n) is 12.1. The van der Waals surface area contributed by atoms with Gasteiger partial charge in [0.2, 0.25) is 0 Å². The number of benzene rings is 1. The highest BCUT2D eigenvalue weighted by molar-refractivity contribution is 5.92. The molecule has 1 aromatic heterocycles. The predicted octanol–water partition coefficient (Wildman–Crippen LogP) is 2.92. The van der Waals surface area contributed by atoms with E-state index in [1.807, 2.05) is 30.3 Å². The first-order valence-electron chi connectivity index (χ1n) is 6.26. The summed E-state index contributed by atoms with van der Waals surface area (Å²) in [6.45, 7) is 3.49. The molecule has 2 aromatic rings. The maximum atomic E-state index is 12.1. The molecule has 0 saturated carbocycles. The molecule has 2 amide bonds. The van der Waals surface area contributed by atoms with E-state index in [1.54, 1.807) is 33.0 Å². The second-order valence-electron chi connectivity index (χ2n) is 4.60. The van der Waals surface area contributed by atoms with E-state index >= 15 is 0 Å². The van der Waals surface area contributed by atoms with Crippen LogP contribution in [0.25, 0.3) is 0 Å². The van der Waals surface area contributed by atoms with Crippen LogP contribution in [0.3, 0.4) is 0 Å². The lowest BCUT2D eigenvalue weighted by Gasteiger charge is -2.14. The van der Waals surface area contributed by atoms with Gasteiger partial charge in [0.25, 0.3) is 0 Å². The van der Waals surface area contributed by atoms with Crippen LogP contribution in [0.5, 0.6) is 0 Å². The standard InChI is InChI=1S/C15H17N3O2.ClH/c1-11-9-13(10-12(2)18(11)20)16-15(19)17(3)14-7-5-4-6-8-14;/h4-10,20H,1-3H3;1H. The van der Waals surface area contributed by atoms with E-state index in [-0.39, 0.29) is 18.4 Å². The molecule has 1 heterocycles. The van der Waals surface area contributed by atoms with Gasteiger partial charge in [0.1, 0.15) is 0 Å². The number of nitrogens with zero attached hydrogens (tertiary/aromatic N) is 3. The van der Waals surface area contributed by atoms with Crippen LogP contribution in [0.15, 0.2) is 47.5 Å². The fourth-order valence-electron chi connectivity index (χ4n) is 1.88. The van der Waals surface area contributed by atoms with Gasteiger partial charge in [-0.25, -0.2) is 4.79 Å². The second-order valence-corrected chi connectivity index (χ2v) is 4.60. The molecule has 0 unspecified atom stereocenters.